The van der Waals surface area contributed by atoms with Crippen molar-refractivity contribution < 1.29 is 14.3 Å². The fourth-order valence-corrected chi connectivity index (χ4v) is 2.93. The highest BCUT2D eigenvalue weighted by Gasteiger charge is 2.11. The van der Waals surface area contributed by atoms with Crippen molar-refractivity contribution in [2.45, 2.75) is 6.61 Å². The molecular formula is C22H19N5O3. The number of benzene rings is 2. The van der Waals surface area contributed by atoms with Gasteiger partial charge in [0.05, 0.1) is 19.0 Å². The Morgan fingerprint density at radius 3 is 2.63 bits per heavy atom. The van der Waals surface area contributed by atoms with Crippen LogP contribution in [0.15, 0.2) is 66.9 Å². The van der Waals surface area contributed by atoms with Gasteiger partial charge in [0, 0.05) is 5.56 Å². The minimum Gasteiger partial charge on any atom is -0.493 e. The first-order valence-electron chi connectivity index (χ1n) is 9.18. The first kappa shape index (κ1) is 19.1. The van der Waals surface area contributed by atoms with Crippen LogP contribution >= 0.6 is 0 Å². The molecule has 0 spiro atoms. The first-order valence-corrected chi connectivity index (χ1v) is 9.18. The van der Waals surface area contributed by atoms with E-state index in [1.54, 1.807) is 7.11 Å². The van der Waals surface area contributed by atoms with E-state index >= 15 is 0 Å². The SMILES string of the molecule is COc1ccc(-c2ccc3ncc(NC(N)=O)nc3n2)cc1OCc1ccccc1. The third-order valence-corrected chi connectivity index (χ3v) is 4.35. The number of amides is 2. The fraction of sp³-hybridized carbons (Fsp3) is 0.0909. The lowest BCUT2D eigenvalue weighted by Crippen LogP contribution is -2.20. The number of rotatable bonds is 6. The van der Waals surface area contributed by atoms with E-state index in [1.807, 2.05) is 60.7 Å². The molecule has 0 saturated carbocycles. The van der Waals surface area contributed by atoms with Gasteiger partial charge in [0.25, 0.3) is 0 Å². The number of aromatic nitrogens is 3. The van der Waals surface area contributed by atoms with Crippen LogP contribution in [0.4, 0.5) is 10.6 Å². The van der Waals surface area contributed by atoms with Crippen LogP contribution in [0.2, 0.25) is 0 Å². The standard InChI is InChI=1S/C22H19N5O3/c1-29-18-10-7-15(11-19(18)30-13-14-5-3-2-4-6-14)16-8-9-17-21(25-16)26-20(12-24-17)27-22(23)28/h2-12H,13H2,1H3,(H3,23,25,26,27,28). The summed E-state index contributed by atoms with van der Waals surface area (Å²) < 4.78 is 11.4. The van der Waals surface area contributed by atoms with Crippen LogP contribution in [-0.4, -0.2) is 28.1 Å². The Kier molecular flexibility index (Phi) is 5.38. The Balaban J connectivity index is 1.65. The number of ether oxygens (including phenoxy) is 2. The highest BCUT2D eigenvalue weighted by atomic mass is 16.5. The molecule has 3 N–H and O–H groups in total. The Morgan fingerprint density at radius 2 is 1.87 bits per heavy atom. The van der Waals surface area contributed by atoms with Crippen LogP contribution in [0.25, 0.3) is 22.4 Å². The van der Waals surface area contributed by atoms with Gasteiger partial charge in [0.1, 0.15) is 12.1 Å². The van der Waals surface area contributed by atoms with E-state index in [1.165, 1.54) is 6.20 Å². The second kappa shape index (κ2) is 8.44. The number of carbonyl (C=O) groups is 1. The monoisotopic (exact) mass is 401 g/mol. The molecular weight excluding hydrogens is 382 g/mol. The molecule has 0 bridgehead atoms. The third-order valence-electron chi connectivity index (χ3n) is 4.35. The molecule has 4 rings (SSSR count). The van der Waals surface area contributed by atoms with Crippen LogP contribution < -0.4 is 20.5 Å². The zero-order chi connectivity index (χ0) is 20.9. The van der Waals surface area contributed by atoms with Gasteiger partial charge in [-0.15, -0.1) is 0 Å². The van der Waals surface area contributed by atoms with Crippen LogP contribution in [0, 0.1) is 0 Å². The van der Waals surface area contributed by atoms with Crippen LogP contribution in [-0.2, 0) is 6.61 Å². The molecule has 2 heterocycles. The second-order valence-electron chi connectivity index (χ2n) is 6.42. The summed E-state index contributed by atoms with van der Waals surface area (Å²) in [6.45, 7) is 0.416. The van der Waals surface area contributed by atoms with Crippen molar-refractivity contribution in [1.29, 1.82) is 0 Å². The van der Waals surface area contributed by atoms with Crippen molar-refractivity contribution >= 4 is 23.0 Å². The zero-order valence-electron chi connectivity index (χ0n) is 16.2. The molecule has 30 heavy (non-hydrogen) atoms. The van der Waals surface area contributed by atoms with Crippen LogP contribution in [0.5, 0.6) is 11.5 Å². The van der Waals surface area contributed by atoms with Crippen molar-refractivity contribution in [3.05, 3.63) is 72.4 Å². The molecule has 2 aromatic heterocycles. The van der Waals surface area contributed by atoms with Gasteiger partial charge in [-0.05, 0) is 35.9 Å². The lowest BCUT2D eigenvalue weighted by molar-refractivity contribution is 0.259. The number of methoxy groups -OCH3 is 1. The Bertz CT molecular complexity index is 1200. The summed E-state index contributed by atoms with van der Waals surface area (Å²) in [5.41, 5.74) is 8.69. The average molecular weight is 401 g/mol. The van der Waals surface area contributed by atoms with Crippen LogP contribution in [0.3, 0.4) is 0 Å². The van der Waals surface area contributed by atoms with Gasteiger partial charge in [0.2, 0.25) is 0 Å². The number of hydrogen-bond acceptors (Lipinski definition) is 6. The van der Waals surface area contributed by atoms with E-state index in [2.05, 4.69) is 20.3 Å². The summed E-state index contributed by atoms with van der Waals surface area (Å²) in [6, 6.07) is 18.4. The largest absolute Gasteiger partial charge is 0.493 e. The van der Waals surface area contributed by atoms with Crippen molar-refractivity contribution in [3.8, 4) is 22.8 Å². The second-order valence-corrected chi connectivity index (χ2v) is 6.42. The van der Waals surface area contributed by atoms with E-state index in [9.17, 15) is 4.79 Å². The van der Waals surface area contributed by atoms with Gasteiger partial charge in [0.15, 0.2) is 23.0 Å². The maximum Gasteiger partial charge on any atom is 0.317 e. The predicted molar refractivity (Wildman–Crippen MR) is 113 cm³/mol. The fourth-order valence-electron chi connectivity index (χ4n) is 2.93. The maximum atomic E-state index is 11.1. The molecule has 0 aliphatic rings. The van der Waals surface area contributed by atoms with Crippen molar-refractivity contribution in [3.63, 3.8) is 0 Å². The van der Waals surface area contributed by atoms with Gasteiger partial charge in [-0.2, -0.15) is 0 Å². The van der Waals surface area contributed by atoms with Crippen molar-refractivity contribution in [2.24, 2.45) is 5.73 Å². The normalized spacial score (nSPS) is 10.6. The zero-order valence-corrected chi connectivity index (χ0v) is 16.2. The van der Waals surface area contributed by atoms with Gasteiger partial charge in [-0.1, -0.05) is 30.3 Å². The molecule has 2 amide bonds. The van der Waals surface area contributed by atoms with Gasteiger partial charge >= 0.3 is 6.03 Å². The number of nitrogens with two attached hydrogens (primary N) is 1. The number of pyridine rings is 1. The molecule has 0 aliphatic heterocycles. The summed E-state index contributed by atoms with van der Waals surface area (Å²) in [4.78, 5) is 24.1. The lowest BCUT2D eigenvalue weighted by atomic mass is 10.1. The summed E-state index contributed by atoms with van der Waals surface area (Å²) in [5.74, 6) is 1.47. The van der Waals surface area contributed by atoms with Gasteiger partial charge in [-0.25, -0.2) is 19.7 Å². The number of nitrogens with zero attached hydrogens (tertiary/aromatic N) is 3. The predicted octanol–water partition coefficient (Wildman–Crippen LogP) is 3.77. The number of urea groups is 1. The van der Waals surface area contributed by atoms with E-state index in [0.29, 0.717) is 35.0 Å². The molecule has 0 radical (unpaired) electrons. The smallest absolute Gasteiger partial charge is 0.317 e. The highest BCUT2D eigenvalue weighted by molar-refractivity contribution is 5.87. The van der Waals surface area contributed by atoms with E-state index < -0.39 is 6.03 Å². The van der Waals surface area contributed by atoms with E-state index in [-0.39, 0.29) is 5.82 Å². The molecule has 150 valence electrons. The number of anilines is 1. The molecule has 0 unspecified atom stereocenters. The quantitative estimate of drug-likeness (QED) is 0.509. The third kappa shape index (κ3) is 4.27. The number of hydrogen-bond donors (Lipinski definition) is 2. The molecule has 4 aromatic rings. The molecule has 8 heteroatoms. The minimum atomic E-state index is -0.713. The molecule has 8 nitrogen and oxygen atoms in total. The summed E-state index contributed by atoms with van der Waals surface area (Å²) in [5, 5.41) is 2.40. The number of carbonyl (C=O) groups excluding carboxylic acids is 1. The molecule has 0 fully saturated rings. The lowest BCUT2D eigenvalue weighted by Gasteiger charge is -2.12. The molecule has 0 saturated heterocycles. The molecule has 0 aliphatic carbocycles. The molecule has 2 aromatic carbocycles. The first-order chi connectivity index (χ1) is 14.6. The summed E-state index contributed by atoms with van der Waals surface area (Å²) >= 11 is 0. The average Bonchev–Trinajstić information content (AvgIpc) is 2.77. The van der Waals surface area contributed by atoms with E-state index in [0.717, 1.165) is 11.1 Å². The Morgan fingerprint density at radius 1 is 1.03 bits per heavy atom. The Labute approximate surface area is 172 Å². The minimum absolute atomic E-state index is 0.237. The topological polar surface area (TPSA) is 112 Å². The van der Waals surface area contributed by atoms with Crippen LogP contribution in [0.1, 0.15) is 5.56 Å². The number of nitrogens with one attached hydrogen (secondary N) is 1. The van der Waals surface area contributed by atoms with Crippen molar-refractivity contribution in [2.75, 3.05) is 12.4 Å². The van der Waals surface area contributed by atoms with Gasteiger partial charge in [-0.3, -0.25) is 5.32 Å². The number of fused-ring (bicyclic) bond motifs is 1. The van der Waals surface area contributed by atoms with Gasteiger partial charge < -0.3 is 15.2 Å². The highest BCUT2D eigenvalue weighted by Crippen LogP contribution is 2.33. The Hall–Kier alpha value is -4.20. The summed E-state index contributed by atoms with van der Waals surface area (Å²) in [6.07, 6.45) is 1.43. The van der Waals surface area contributed by atoms with Crippen molar-refractivity contribution in [1.82, 2.24) is 15.0 Å². The maximum absolute atomic E-state index is 11.1. The summed E-state index contributed by atoms with van der Waals surface area (Å²) in [7, 11) is 1.60. The number of primary amides is 1. The van der Waals surface area contributed by atoms with E-state index in [4.69, 9.17) is 15.2 Å². The molecule has 0 atom stereocenters.